The van der Waals surface area contributed by atoms with E-state index in [1.54, 1.807) is 12.1 Å². The predicted octanol–water partition coefficient (Wildman–Crippen LogP) is 2.38. The summed E-state index contributed by atoms with van der Waals surface area (Å²) in [5, 5.41) is 9.13. The molecule has 1 fully saturated rings. The van der Waals surface area contributed by atoms with E-state index in [1.807, 2.05) is 0 Å². The highest BCUT2D eigenvalue weighted by Gasteiger charge is 2.21. The van der Waals surface area contributed by atoms with Crippen LogP contribution in [0.25, 0.3) is 0 Å². The van der Waals surface area contributed by atoms with Crippen molar-refractivity contribution in [2.75, 3.05) is 6.61 Å². The first-order chi connectivity index (χ1) is 6.29. The number of ether oxygens (including phenoxy) is 1. The summed E-state index contributed by atoms with van der Waals surface area (Å²) in [4.78, 5) is 0. The van der Waals surface area contributed by atoms with E-state index in [2.05, 4.69) is 0 Å². The Labute approximate surface area is 76.0 Å². The zero-order chi connectivity index (χ0) is 9.26. The van der Waals surface area contributed by atoms with Gasteiger partial charge in [0.2, 0.25) is 0 Å². The number of phenols is 1. The fourth-order valence-electron chi connectivity index (χ4n) is 1.61. The van der Waals surface area contributed by atoms with Gasteiger partial charge in [0.1, 0.15) is 0 Å². The van der Waals surface area contributed by atoms with Crippen molar-refractivity contribution < 1.29 is 14.2 Å². The smallest absolute Gasteiger partial charge is 0.170 e. The van der Waals surface area contributed by atoms with Gasteiger partial charge in [-0.25, -0.2) is 4.39 Å². The molecule has 70 valence electrons. The highest BCUT2D eigenvalue weighted by Crippen LogP contribution is 2.32. The van der Waals surface area contributed by atoms with E-state index in [0.29, 0.717) is 12.2 Å². The van der Waals surface area contributed by atoms with Crippen LogP contribution in [0.2, 0.25) is 0 Å². The average molecular weight is 182 g/mol. The molecule has 0 radical (unpaired) electrons. The monoisotopic (exact) mass is 182 g/mol. The van der Waals surface area contributed by atoms with Crippen molar-refractivity contribution in [1.82, 2.24) is 0 Å². The average Bonchev–Trinajstić information content (AvgIpc) is 2.62. The molecule has 1 aromatic rings. The summed E-state index contributed by atoms with van der Waals surface area (Å²) >= 11 is 0. The molecule has 1 saturated heterocycles. The highest BCUT2D eigenvalue weighted by molar-refractivity contribution is 5.31. The van der Waals surface area contributed by atoms with Crippen LogP contribution in [-0.4, -0.2) is 11.7 Å². The van der Waals surface area contributed by atoms with Crippen LogP contribution in [-0.2, 0) is 4.74 Å². The first-order valence-corrected chi connectivity index (χ1v) is 4.38. The summed E-state index contributed by atoms with van der Waals surface area (Å²) in [7, 11) is 0. The Morgan fingerprint density at radius 2 is 2.31 bits per heavy atom. The fraction of sp³-hybridized carbons (Fsp3) is 0.400. The lowest BCUT2D eigenvalue weighted by Gasteiger charge is -2.10. The molecule has 1 aromatic carbocycles. The van der Waals surface area contributed by atoms with Gasteiger partial charge in [-0.05, 0) is 18.9 Å². The summed E-state index contributed by atoms with van der Waals surface area (Å²) in [5.74, 6) is -0.845. The van der Waals surface area contributed by atoms with E-state index >= 15 is 0 Å². The molecular weight excluding hydrogens is 171 g/mol. The molecule has 3 heteroatoms. The Kier molecular flexibility index (Phi) is 2.19. The van der Waals surface area contributed by atoms with Crippen LogP contribution in [0.4, 0.5) is 4.39 Å². The van der Waals surface area contributed by atoms with Crippen LogP contribution < -0.4 is 0 Å². The normalized spacial score (nSPS) is 22.1. The fourth-order valence-corrected chi connectivity index (χ4v) is 1.61. The topological polar surface area (TPSA) is 29.5 Å². The van der Waals surface area contributed by atoms with Crippen molar-refractivity contribution in [3.05, 3.63) is 29.6 Å². The van der Waals surface area contributed by atoms with Gasteiger partial charge >= 0.3 is 0 Å². The van der Waals surface area contributed by atoms with Gasteiger partial charge in [0.15, 0.2) is 11.6 Å². The molecule has 1 N–H and O–H groups in total. The van der Waals surface area contributed by atoms with Crippen LogP contribution in [0.3, 0.4) is 0 Å². The van der Waals surface area contributed by atoms with Crippen LogP contribution in [0, 0.1) is 5.82 Å². The number of rotatable bonds is 1. The Hall–Kier alpha value is -1.09. The van der Waals surface area contributed by atoms with Gasteiger partial charge in [0.05, 0.1) is 6.10 Å². The SMILES string of the molecule is Oc1cccc(C2CCCO2)c1F. The maximum Gasteiger partial charge on any atom is 0.170 e. The molecule has 2 nitrogen and oxygen atoms in total. The maximum atomic E-state index is 13.3. The minimum Gasteiger partial charge on any atom is -0.505 e. The molecule has 0 aliphatic carbocycles. The Morgan fingerprint density at radius 1 is 1.46 bits per heavy atom. The summed E-state index contributed by atoms with van der Waals surface area (Å²) < 4.78 is 18.6. The van der Waals surface area contributed by atoms with Crippen LogP contribution in [0.1, 0.15) is 24.5 Å². The predicted molar refractivity (Wildman–Crippen MR) is 46.0 cm³/mol. The van der Waals surface area contributed by atoms with Gasteiger partial charge in [-0.1, -0.05) is 12.1 Å². The molecule has 0 aromatic heterocycles. The lowest BCUT2D eigenvalue weighted by molar-refractivity contribution is 0.108. The second kappa shape index (κ2) is 3.34. The minimum atomic E-state index is -0.547. The standard InChI is InChI=1S/C10H11FO2/c11-10-7(3-1-4-8(10)12)9-5-2-6-13-9/h1,3-4,9,12H,2,5-6H2. The molecule has 2 rings (SSSR count). The van der Waals surface area contributed by atoms with Gasteiger partial charge in [0, 0.05) is 12.2 Å². The number of halogens is 1. The molecule has 0 amide bonds. The number of benzene rings is 1. The first kappa shape index (κ1) is 8.51. The second-order valence-corrected chi connectivity index (χ2v) is 3.18. The van der Waals surface area contributed by atoms with Crippen molar-refractivity contribution in [3.8, 4) is 5.75 Å². The summed E-state index contributed by atoms with van der Waals surface area (Å²) in [5.41, 5.74) is 0.470. The Morgan fingerprint density at radius 3 is 3.00 bits per heavy atom. The van der Waals surface area contributed by atoms with E-state index in [0.717, 1.165) is 12.8 Å². The highest BCUT2D eigenvalue weighted by atomic mass is 19.1. The van der Waals surface area contributed by atoms with Crippen molar-refractivity contribution in [1.29, 1.82) is 0 Å². The lowest BCUT2D eigenvalue weighted by Crippen LogP contribution is -1.99. The molecule has 0 bridgehead atoms. The molecule has 1 aliphatic rings. The lowest BCUT2D eigenvalue weighted by atomic mass is 10.1. The molecule has 13 heavy (non-hydrogen) atoms. The minimum absolute atomic E-state index is 0.174. The van der Waals surface area contributed by atoms with Crippen LogP contribution >= 0.6 is 0 Å². The molecular formula is C10H11FO2. The van der Waals surface area contributed by atoms with Gasteiger partial charge in [-0.2, -0.15) is 0 Å². The quantitative estimate of drug-likeness (QED) is 0.722. The van der Waals surface area contributed by atoms with Gasteiger partial charge < -0.3 is 9.84 Å². The summed E-state index contributed by atoms with van der Waals surface area (Å²) in [6.45, 7) is 0.680. The zero-order valence-corrected chi connectivity index (χ0v) is 7.16. The van der Waals surface area contributed by atoms with Crippen LogP contribution in [0.5, 0.6) is 5.75 Å². The van der Waals surface area contributed by atoms with Gasteiger partial charge in [-0.15, -0.1) is 0 Å². The maximum absolute atomic E-state index is 13.3. The van der Waals surface area contributed by atoms with Crippen molar-refractivity contribution >= 4 is 0 Å². The van der Waals surface area contributed by atoms with Crippen LogP contribution in [0.15, 0.2) is 18.2 Å². The summed E-state index contributed by atoms with van der Waals surface area (Å²) in [6.07, 6.45) is 1.62. The van der Waals surface area contributed by atoms with Gasteiger partial charge in [0.25, 0.3) is 0 Å². The van der Waals surface area contributed by atoms with E-state index in [9.17, 15) is 4.39 Å². The zero-order valence-electron chi connectivity index (χ0n) is 7.16. The number of hydrogen-bond donors (Lipinski definition) is 1. The largest absolute Gasteiger partial charge is 0.505 e. The third-order valence-electron chi connectivity index (χ3n) is 2.28. The van der Waals surface area contributed by atoms with Crippen molar-refractivity contribution in [2.24, 2.45) is 0 Å². The van der Waals surface area contributed by atoms with E-state index < -0.39 is 5.82 Å². The van der Waals surface area contributed by atoms with E-state index in [1.165, 1.54) is 6.07 Å². The van der Waals surface area contributed by atoms with Gasteiger partial charge in [-0.3, -0.25) is 0 Å². The summed E-state index contributed by atoms with van der Waals surface area (Å²) in [6, 6.07) is 4.63. The molecule has 1 heterocycles. The van der Waals surface area contributed by atoms with Crippen molar-refractivity contribution in [2.45, 2.75) is 18.9 Å². The second-order valence-electron chi connectivity index (χ2n) is 3.18. The van der Waals surface area contributed by atoms with Crippen molar-refractivity contribution in [3.63, 3.8) is 0 Å². The molecule has 0 spiro atoms. The Balaban J connectivity index is 2.33. The number of aromatic hydroxyl groups is 1. The number of phenolic OH excluding ortho intramolecular Hbond substituents is 1. The van der Waals surface area contributed by atoms with E-state index in [-0.39, 0.29) is 11.9 Å². The molecule has 1 unspecified atom stereocenters. The molecule has 1 atom stereocenters. The third-order valence-corrected chi connectivity index (χ3v) is 2.28. The first-order valence-electron chi connectivity index (χ1n) is 4.38. The Bertz CT molecular complexity index is 306. The third kappa shape index (κ3) is 1.52. The molecule has 1 aliphatic heterocycles. The number of hydrogen-bond acceptors (Lipinski definition) is 2. The molecule has 0 saturated carbocycles. The van der Waals surface area contributed by atoms with E-state index in [4.69, 9.17) is 9.84 Å².